The highest BCUT2D eigenvalue weighted by Gasteiger charge is 2.23. The molecule has 1 N–H and O–H groups in total. The Labute approximate surface area is 268 Å². The van der Waals surface area contributed by atoms with Crippen LogP contribution in [-0.4, -0.2) is 35.5 Å². The minimum absolute atomic E-state index is 0.156. The van der Waals surface area contributed by atoms with Crippen molar-refractivity contribution in [3.8, 4) is 11.5 Å². The highest BCUT2D eigenvalue weighted by Crippen LogP contribution is 2.42. The average Bonchev–Trinajstić information content (AvgIpc) is 2.99. The Balaban J connectivity index is 1.46. The van der Waals surface area contributed by atoms with E-state index in [2.05, 4.69) is 58.2 Å². The monoisotopic (exact) mass is 758 g/mol. The Morgan fingerprint density at radius 3 is 2.60 bits per heavy atom. The first kappa shape index (κ1) is 30.4. The van der Waals surface area contributed by atoms with Crippen LogP contribution in [0.2, 0.25) is 0 Å². The van der Waals surface area contributed by atoms with Crippen LogP contribution in [-0.2, 0) is 4.79 Å². The molecule has 0 unspecified atom stereocenters. The van der Waals surface area contributed by atoms with Crippen LogP contribution < -0.4 is 20.3 Å². The predicted molar refractivity (Wildman–Crippen MR) is 176 cm³/mol. The number of para-hydroxylation sites is 1. The van der Waals surface area contributed by atoms with E-state index < -0.39 is 0 Å². The fraction of sp³-hybridized carbons (Fsp3) is 0.290. The smallest absolute Gasteiger partial charge is 0.282 e. The van der Waals surface area contributed by atoms with Gasteiger partial charge in [0.25, 0.3) is 11.5 Å². The Kier molecular flexibility index (Phi) is 9.80. The second-order valence-corrected chi connectivity index (χ2v) is 12.6. The zero-order valence-corrected chi connectivity index (χ0v) is 27.9. The Hall–Kier alpha value is -3.02. The molecular weight excluding hydrogens is 732 g/mol. The highest BCUT2D eigenvalue weighted by molar-refractivity contribution is 9.13. The van der Waals surface area contributed by atoms with Gasteiger partial charge in [0.05, 0.1) is 28.7 Å². The van der Waals surface area contributed by atoms with Crippen molar-refractivity contribution in [2.45, 2.75) is 44.9 Å². The number of rotatable bonds is 8. The van der Waals surface area contributed by atoms with Crippen LogP contribution in [0.25, 0.3) is 10.9 Å². The van der Waals surface area contributed by atoms with E-state index in [-0.39, 0.29) is 24.0 Å². The van der Waals surface area contributed by atoms with Crippen molar-refractivity contribution < 1.29 is 14.3 Å². The average molecular weight is 761 g/mol. The first-order valence-corrected chi connectivity index (χ1v) is 16.0. The summed E-state index contributed by atoms with van der Waals surface area (Å²) in [6.45, 7) is 1.70. The molecule has 1 aromatic heterocycles. The lowest BCUT2D eigenvalue weighted by Gasteiger charge is -2.22. The van der Waals surface area contributed by atoms with E-state index in [1.54, 1.807) is 18.3 Å². The second kappa shape index (κ2) is 13.5. The predicted octanol–water partition coefficient (Wildman–Crippen LogP) is 7.95. The molecule has 4 aromatic rings. The number of aromatic nitrogens is 2. The van der Waals surface area contributed by atoms with E-state index in [1.807, 2.05) is 43.3 Å². The molecule has 1 fully saturated rings. The van der Waals surface area contributed by atoms with Gasteiger partial charge in [-0.25, -0.2) is 4.98 Å². The summed E-state index contributed by atoms with van der Waals surface area (Å²) >= 11 is 10.7. The summed E-state index contributed by atoms with van der Waals surface area (Å²) in [5.74, 6) is 1.29. The molecule has 8 nitrogen and oxygen atoms in total. The number of carbonyl (C=O) groups excluding carboxylic acids is 1. The molecule has 0 spiro atoms. The summed E-state index contributed by atoms with van der Waals surface area (Å²) in [5.41, 5.74) is 2.76. The fourth-order valence-electron chi connectivity index (χ4n) is 5.04. The van der Waals surface area contributed by atoms with Crippen LogP contribution in [0, 0.1) is 6.92 Å². The van der Waals surface area contributed by atoms with Crippen LogP contribution >= 0.6 is 47.8 Å². The van der Waals surface area contributed by atoms with Crippen LogP contribution in [0.15, 0.2) is 71.8 Å². The van der Waals surface area contributed by atoms with Crippen LogP contribution in [0.5, 0.6) is 11.5 Å². The van der Waals surface area contributed by atoms with Crippen LogP contribution in [0.1, 0.15) is 55.0 Å². The summed E-state index contributed by atoms with van der Waals surface area (Å²) in [7, 11) is 1.52. The number of nitrogens with one attached hydrogen (secondary N) is 1. The molecule has 5 rings (SSSR count). The second-order valence-electron chi connectivity index (χ2n) is 10.1. The number of fused-ring (bicyclic) bond motifs is 1. The lowest BCUT2D eigenvalue weighted by molar-refractivity contribution is -0.118. The number of amides is 1. The van der Waals surface area contributed by atoms with Crippen LogP contribution in [0.4, 0.5) is 5.69 Å². The molecule has 218 valence electrons. The Bertz CT molecular complexity index is 1730. The first-order chi connectivity index (χ1) is 20.3. The van der Waals surface area contributed by atoms with Crippen molar-refractivity contribution in [2.24, 2.45) is 5.10 Å². The molecule has 1 aliphatic rings. The van der Waals surface area contributed by atoms with Crippen molar-refractivity contribution in [1.82, 2.24) is 9.66 Å². The molecule has 0 atom stereocenters. The van der Waals surface area contributed by atoms with Crippen molar-refractivity contribution >= 4 is 76.5 Å². The molecule has 11 heteroatoms. The van der Waals surface area contributed by atoms with E-state index >= 15 is 0 Å². The Morgan fingerprint density at radius 1 is 1.10 bits per heavy atom. The van der Waals surface area contributed by atoms with Gasteiger partial charge in [-0.2, -0.15) is 9.78 Å². The number of aryl methyl sites for hydroxylation is 1. The van der Waals surface area contributed by atoms with Gasteiger partial charge in [0.2, 0.25) is 0 Å². The Morgan fingerprint density at radius 2 is 1.86 bits per heavy atom. The van der Waals surface area contributed by atoms with Gasteiger partial charge < -0.3 is 14.8 Å². The van der Waals surface area contributed by atoms with Gasteiger partial charge in [-0.3, -0.25) is 9.59 Å². The van der Waals surface area contributed by atoms with E-state index in [0.717, 1.165) is 41.4 Å². The highest BCUT2D eigenvalue weighted by atomic mass is 79.9. The van der Waals surface area contributed by atoms with Gasteiger partial charge in [-0.05, 0) is 87.5 Å². The van der Waals surface area contributed by atoms with Crippen molar-refractivity contribution in [3.05, 3.63) is 89.3 Å². The molecule has 0 saturated heterocycles. The van der Waals surface area contributed by atoms with E-state index in [4.69, 9.17) is 14.5 Å². The van der Waals surface area contributed by atoms with Gasteiger partial charge in [0, 0.05) is 26.1 Å². The standard InChI is InChI=1S/C31H29Br3N4O4/c1-18-8-6-7-11-23(18)36-26(39)17-42-29-25(41-2)14-20(27(33)28(29)34)16-35-38-30(19-9-4-3-5-10-19)37-24-13-12-21(32)15-22(24)31(38)40/h6-8,11-16,19H,3-5,9-10,17H2,1-2H3,(H,36,39). The van der Waals surface area contributed by atoms with Gasteiger partial charge in [-0.1, -0.05) is 53.4 Å². The molecular formula is C31H29Br3N4O4. The molecule has 1 amide bonds. The number of hydrogen-bond donors (Lipinski definition) is 1. The summed E-state index contributed by atoms with van der Waals surface area (Å²) in [6.07, 6.45) is 6.93. The third kappa shape index (κ3) is 6.63. The summed E-state index contributed by atoms with van der Waals surface area (Å²) in [4.78, 5) is 31.2. The van der Waals surface area contributed by atoms with E-state index in [0.29, 0.717) is 42.7 Å². The molecule has 42 heavy (non-hydrogen) atoms. The number of methoxy groups -OCH3 is 1. The molecule has 1 heterocycles. The SMILES string of the molecule is COc1cc(C=Nn2c(C3CCCCC3)nc3ccc(Br)cc3c2=O)c(Br)c(Br)c1OCC(=O)Nc1ccccc1C. The number of ether oxygens (including phenoxy) is 2. The number of benzene rings is 3. The lowest BCUT2D eigenvalue weighted by Crippen LogP contribution is -2.25. The van der Waals surface area contributed by atoms with Crippen molar-refractivity contribution in [3.63, 3.8) is 0 Å². The molecule has 1 saturated carbocycles. The van der Waals surface area contributed by atoms with Gasteiger partial charge in [0.1, 0.15) is 5.82 Å². The molecule has 0 aliphatic heterocycles. The maximum absolute atomic E-state index is 13.7. The quantitative estimate of drug-likeness (QED) is 0.184. The first-order valence-electron chi connectivity index (χ1n) is 13.6. The molecule has 1 aliphatic carbocycles. The number of carbonyl (C=O) groups is 1. The maximum atomic E-state index is 13.7. The zero-order chi connectivity index (χ0) is 29.8. The number of hydrogen-bond acceptors (Lipinski definition) is 6. The van der Waals surface area contributed by atoms with Crippen molar-refractivity contribution in [1.29, 1.82) is 0 Å². The zero-order valence-electron chi connectivity index (χ0n) is 23.1. The normalized spacial score (nSPS) is 13.9. The fourth-order valence-corrected chi connectivity index (χ4v) is 6.34. The van der Waals surface area contributed by atoms with Gasteiger partial charge >= 0.3 is 0 Å². The summed E-state index contributed by atoms with van der Waals surface area (Å²) < 4.78 is 14.9. The topological polar surface area (TPSA) is 94.8 Å². The maximum Gasteiger partial charge on any atom is 0.282 e. The minimum atomic E-state index is -0.301. The lowest BCUT2D eigenvalue weighted by atomic mass is 9.88. The van der Waals surface area contributed by atoms with Gasteiger partial charge in [0.15, 0.2) is 18.1 Å². The third-order valence-electron chi connectivity index (χ3n) is 7.26. The number of anilines is 1. The molecule has 0 radical (unpaired) electrons. The van der Waals surface area contributed by atoms with E-state index in [1.165, 1.54) is 18.2 Å². The summed E-state index contributed by atoms with van der Waals surface area (Å²) in [5, 5.41) is 8.01. The molecule has 3 aromatic carbocycles. The summed E-state index contributed by atoms with van der Waals surface area (Å²) in [6, 6.07) is 14.8. The van der Waals surface area contributed by atoms with Gasteiger partial charge in [-0.15, -0.1) is 0 Å². The third-order valence-corrected chi connectivity index (χ3v) is 9.89. The number of nitrogens with zero attached hydrogens (tertiary/aromatic N) is 3. The van der Waals surface area contributed by atoms with Crippen LogP contribution in [0.3, 0.4) is 0 Å². The number of halogens is 3. The largest absolute Gasteiger partial charge is 0.493 e. The van der Waals surface area contributed by atoms with E-state index in [9.17, 15) is 9.59 Å². The van der Waals surface area contributed by atoms with Crippen molar-refractivity contribution in [2.75, 3.05) is 19.0 Å². The minimum Gasteiger partial charge on any atom is -0.493 e. The molecule has 0 bridgehead atoms.